The Morgan fingerprint density at radius 1 is 0.350 bits per heavy atom. The van der Waals surface area contributed by atoms with E-state index >= 15 is 0 Å². The lowest BCUT2D eigenvalue weighted by Crippen LogP contribution is -2.60. The van der Waals surface area contributed by atoms with Gasteiger partial charge in [0.25, 0.3) is 0 Å². The number of nitrogens with zero attached hydrogens (tertiary/aromatic N) is 1. The molecule has 0 aromatic heterocycles. The molecule has 0 amide bonds. The summed E-state index contributed by atoms with van der Waals surface area (Å²) in [6, 6.07) is 84.3. The summed E-state index contributed by atoms with van der Waals surface area (Å²) in [4.78, 5) is 5.38. The fourth-order valence-corrected chi connectivity index (χ4v) is 14.6. The molecule has 0 saturated carbocycles. The first kappa shape index (κ1) is 51.8. The fraction of sp³-hybridized carbons (Fsp3) is 0.221. The van der Waals surface area contributed by atoms with Crippen molar-refractivity contribution < 1.29 is 0 Å². The average molecular weight is 1050 g/mol. The number of benzene rings is 10. The van der Waals surface area contributed by atoms with Gasteiger partial charge in [0.15, 0.2) is 0 Å². The molecule has 0 unspecified atom stereocenters. The Labute approximate surface area is 481 Å². The molecule has 1 nitrogen and oxygen atoms in total. The maximum absolute atomic E-state index is 2.77. The average Bonchev–Trinajstić information content (AvgIpc) is 2.66. The summed E-state index contributed by atoms with van der Waals surface area (Å²) in [5.74, 6) is 0. The molecule has 3 aliphatic rings. The standard InChI is InChI=1S/C77H72BNS/c1-73(2,3)54-41-52(42-55(44-54)74(4,5)6)51-39-40-65-68(43-51)80-69-48-57(77(53-31-20-15-21-32-53)62-37-24-22-33-60(62)61-34-23-25-38-63(61)77)47-67-70(69)78(65)66-46-56(75(7,8)9)45-64(76(10,11)12)72(66)79(67)71-58(49-27-16-13-17-28-49)35-26-36-59(71)50-29-18-14-19-30-50/h13-48H,1-12H3. The lowest BCUT2D eigenvalue weighted by molar-refractivity contribution is 0.568. The van der Waals surface area contributed by atoms with Crippen LogP contribution in [0.25, 0.3) is 44.5 Å². The number of rotatable bonds is 6. The second-order valence-corrected chi connectivity index (χ2v) is 28.0. The highest BCUT2D eigenvalue weighted by molar-refractivity contribution is 8.00. The van der Waals surface area contributed by atoms with Crippen LogP contribution in [-0.4, -0.2) is 6.71 Å². The van der Waals surface area contributed by atoms with Gasteiger partial charge in [0.2, 0.25) is 6.71 Å². The van der Waals surface area contributed by atoms with E-state index in [-0.39, 0.29) is 28.4 Å². The molecule has 0 spiro atoms. The SMILES string of the molecule is CC(C)(C)c1cc(-c2ccc3c(c2)Sc2cc(C4(c5ccccc5)c5ccccc5-c5ccccc54)cc4c2B3c2cc(C(C)(C)C)cc(C(C)(C)C)c2N4c2c(-c3ccccc3)cccc2-c2ccccc2)cc(C(C)(C)C)c1. The maximum Gasteiger partial charge on any atom is 0.249 e. The van der Waals surface area contributed by atoms with Crippen molar-refractivity contribution in [1.29, 1.82) is 0 Å². The summed E-state index contributed by atoms with van der Waals surface area (Å²) in [5, 5.41) is 0. The van der Waals surface area contributed by atoms with Crippen LogP contribution in [0.4, 0.5) is 17.1 Å². The highest BCUT2D eigenvalue weighted by Gasteiger charge is 2.50. The Hall–Kier alpha value is -7.59. The molecule has 80 heavy (non-hydrogen) atoms. The van der Waals surface area contributed by atoms with Crippen LogP contribution in [0.3, 0.4) is 0 Å². The third kappa shape index (κ3) is 8.36. The molecule has 394 valence electrons. The monoisotopic (exact) mass is 1050 g/mol. The zero-order valence-corrected chi connectivity index (χ0v) is 49.5. The van der Waals surface area contributed by atoms with E-state index in [2.05, 4.69) is 306 Å². The van der Waals surface area contributed by atoms with Crippen molar-refractivity contribution in [3.8, 4) is 44.5 Å². The van der Waals surface area contributed by atoms with Crippen LogP contribution in [0, 0.1) is 0 Å². The minimum atomic E-state index is -0.634. The van der Waals surface area contributed by atoms with E-state index in [1.807, 2.05) is 11.8 Å². The van der Waals surface area contributed by atoms with Gasteiger partial charge >= 0.3 is 0 Å². The van der Waals surface area contributed by atoms with Crippen molar-refractivity contribution in [2.45, 2.75) is 120 Å². The minimum Gasteiger partial charge on any atom is -0.310 e. The van der Waals surface area contributed by atoms with E-state index in [0.29, 0.717) is 0 Å². The summed E-state index contributed by atoms with van der Waals surface area (Å²) in [6.07, 6.45) is 0. The molecule has 3 heteroatoms. The smallest absolute Gasteiger partial charge is 0.249 e. The van der Waals surface area contributed by atoms with Gasteiger partial charge in [0.05, 0.1) is 11.1 Å². The Morgan fingerprint density at radius 2 is 0.850 bits per heavy atom. The molecule has 10 aromatic rings. The largest absolute Gasteiger partial charge is 0.310 e. The quantitative estimate of drug-likeness (QED) is 0.153. The number of para-hydroxylation sites is 1. The molecular weight excluding hydrogens is 982 g/mol. The Morgan fingerprint density at radius 3 is 1.39 bits per heavy atom. The Kier molecular flexibility index (Phi) is 12.1. The normalized spacial score (nSPS) is 14.2. The first-order valence-electron chi connectivity index (χ1n) is 28.9. The van der Waals surface area contributed by atoms with Gasteiger partial charge in [-0.3, -0.25) is 0 Å². The molecule has 0 atom stereocenters. The predicted molar refractivity (Wildman–Crippen MR) is 345 cm³/mol. The molecule has 10 aromatic carbocycles. The molecule has 0 radical (unpaired) electrons. The van der Waals surface area contributed by atoms with Crippen LogP contribution in [-0.2, 0) is 27.1 Å². The topological polar surface area (TPSA) is 3.24 Å². The zero-order chi connectivity index (χ0) is 55.7. The van der Waals surface area contributed by atoms with Gasteiger partial charge in [-0.2, -0.15) is 0 Å². The summed E-state index contributed by atoms with van der Waals surface area (Å²) in [5.41, 5.74) is 27.3. The van der Waals surface area contributed by atoms with Crippen LogP contribution in [0.5, 0.6) is 0 Å². The van der Waals surface area contributed by atoms with E-state index in [4.69, 9.17) is 0 Å². The lowest BCUT2D eigenvalue weighted by atomic mass is 9.34. The van der Waals surface area contributed by atoms with Gasteiger partial charge in [-0.25, -0.2) is 0 Å². The van der Waals surface area contributed by atoms with Crippen LogP contribution in [0.15, 0.2) is 228 Å². The Balaban J connectivity index is 1.21. The van der Waals surface area contributed by atoms with E-state index in [1.165, 1.54) is 132 Å². The second-order valence-electron chi connectivity index (χ2n) is 26.9. The first-order valence-corrected chi connectivity index (χ1v) is 29.7. The van der Waals surface area contributed by atoms with E-state index < -0.39 is 5.41 Å². The lowest BCUT2D eigenvalue weighted by Gasteiger charge is -2.46. The van der Waals surface area contributed by atoms with Crippen LogP contribution in [0.2, 0.25) is 0 Å². The van der Waals surface area contributed by atoms with Gasteiger partial charge in [-0.1, -0.05) is 300 Å². The van der Waals surface area contributed by atoms with Crippen molar-refractivity contribution in [2.24, 2.45) is 0 Å². The first-order chi connectivity index (χ1) is 38.2. The third-order valence-corrected chi connectivity index (χ3v) is 18.7. The highest BCUT2D eigenvalue weighted by Crippen LogP contribution is 2.59. The van der Waals surface area contributed by atoms with E-state index in [0.717, 1.165) is 0 Å². The molecule has 2 aliphatic heterocycles. The van der Waals surface area contributed by atoms with Crippen molar-refractivity contribution in [1.82, 2.24) is 0 Å². The van der Waals surface area contributed by atoms with Crippen LogP contribution >= 0.6 is 11.8 Å². The molecule has 1 aliphatic carbocycles. The maximum atomic E-state index is 2.77. The summed E-state index contributed by atoms with van der Waals surface area (Å²) < 4.78 is 0. The van der Waals surface area contributed by atoms with Crippen molar-refractivity contribution >= 4 is 51.9 Å². The molecule has 0 fully saturated rings. The summed E-state index contributed by atoms with van der Waals surface area (Å²) in [6.45, 7) is 28.5. The number of hydrogen-bond donors (Lipinski definition) is 0. The third-order valence-electron chi connectivity index (χ3n) is 17.6. The van der Waals surface area contributed by atoms with Crippen LogP contribution in [0.1, 0.15) is 128 Å². The number of anilines is 3. The molecule has 0 saturated heterocycles. The molecular formula is C77H72BNS. The van der Waals surface area contributed by atoms with Crippen molar-refractivity contribution in [3.05, 3.63) is 263 Å². The molecule has 2 heterocycles. The van der Waals surface area contributed by atoms with Crippen molar-refractivity contribution in [2.75, 3.05) is 4.90 Å². The van der Waals surface area contributed by atoms with Gasteiger partial charge in [0, 0.05) is 32.3 Å². The fourth-order valence-electron chi connectivity index (χ4n) is 13.4. The summed E-state index contributed by atoms with van der Waals surface area (Å²) in [7, 11) is 0. The summed E-state index contributed by atoms with van der Waals surface area (Å²) >= 11 is 1.97. The number of hydrogen-bond acceptors (Lipinski definition) is 2. The molecule has 13 rings (SSSR count). The predicted octanol–water partition coefficient (Wildman–Crippen LogP) is 19.0. The van der Waals surface area contributed by atoms with Crippen molar-refractivity contribution in [3.63, 3.8) is 0 Å². The Bertz CT molecular complexity index is 3930. The van der Waals surface area contributed by atoms with Gasteiger partial charge in [-0.15, -0.1) is 0 Å². The van der Waals surface area contributed by atoms with Crippen LogP contribution < -0.4 is 21.3 Å². The highest BCUT2D eigenvalue weighted by atomic mass is 32.2. The van der Waals surface area contributed by atoms with E-state index in [9.17, 15) is 0 Å². The number of fused-ring (bicyclic) bond motifs is 7. The zero-order valence-electron chi connectivity index (χ0n) is 48.7. The van der Waals surface area contributed by atoms with Gasteiger partial charge in [-0.05, 0) is 129 Å². The molecule has 0 N–H and O–H groups in total. The van der Waals surface area contributed by atoms with Gasteiger partial charge < -0.3 is 4.90 Å². The second kappa shape index (κ2) is 18.8. The van der Waals surface area contributed by atoms with E-state index in [1.54, 1.807) is 0 Å². The molecule has 0 bridgehead atoms. The van der Waals surface area contributed by atoms with Gasteiger partial charge in [0.1, 0.15) is 0 Å². The minimum absolute atomic E-state index is 0.0103.